The van der Waals surface area contributed by atoms with Gasteiger partial charge in [-0.1, -0.05) is 17.7 Å². The summed E-state index contributed by atoms with van der Waals surface area (Å²) < 4.78 is 27.9. The lowest BCUT2D eigenvalue weighted by atomic mass is 10.1. The number of carboxylic acids is 1. The van der Waals surface area contributed by atoms with Gasteiger partial charge in [-0.15, -0.1) is 11.3 Å². The Bertz CT molecular complexity index is 1130. The number of nitrogens with zero attached hydrogens (tertiary/aromatic N) is 1. The molecule has 0 radical (unpaired) electrons. The minimum Gasteiger partial charge on any atom is -0.480 e. The third kappa shape index (κ3) is 7.55. The highest BCUT2D eigenvalue weighted by atomic mass is 32.2. The zero-order valence-electron chi connectivity index (χ0n) is 18.7. The van der Waals surface area contributed by atoms with Gasteiger partial charge in [0.25, 0.3) is 5.91 Å². The fraction of sp³-hybridized carbons (Fsp3) is 0.381. The molecule has 0 unspecified atom stereocenters. The summed E-state index contributed by atoms with van der Waals surface area (Å²) in [5, 5.41) is 12.0. The van der Waals surface area contributed by atoms with E-state index < -0.39 is 34.5 Å². The van der Waals surface area contributed by atoms with E-state index in [4.69, 9.17) is 11.5 Å². The second-order valence-corrected chi connectivity index (χ2v) is 10.4. The molecule has 0 aliphatic rings. The smallest absolute Gasteiger partial charge is 0.323 e. The molecule has 180 valence electrons. The van der Waals surface area contributed by atoms with Crippen LogP contribution in [0, 0.1) is 20.8 Å². The molecule has 1 aromatic carbocycles. The number of aryl methyl sites for hydroxylation is 4. The van der Waals surface area contributed by atoms with Crippen LogP contribution in [-0.4, -0.2) is 50.5 Å². The number of carboxylic acid groups (broad SMARTS) is 1. The zero-order chi connectivity index (χ0) is 24.8. The number of thiophene rings is 1. The van der Waals surface area contributed by atoms with Crippen molar-refractivity contribution in [2.24, 2.45) is 16.5 Å². The zero-order valence-corrected chi connectivity index (χ0v) is 20.3. The van der Waals surface area contributed by atoms with Crippen LogP contribution >= 0.6 is 11.3 Å². The highest BCUT2D eigenvalue weighted by Crippen LogP contribution is 2.22. The Morgan fingerprint density at radius 2 is 1.79 bits per heavy atom. The predicted octanol–water partition coefficient (Wildman–Crippen LogP) is 1.04. The normalized spacial score (nSPS) is 12.2. The first-order chi connectivity index (χ1) is 15.4. The van der Waals surface area contributed by atoms with Gasteiger partial charge >= 0.3 is 5.97 Å². The van der Waals surface area contributed by atoms with Crippen LogP contribution in [0.2, 0.25) is 0 Å². The van der Waals surface area contributed by atoms with Crippen LogP contribution in [0.5, 0.6) is 0 Å². The number of aliphatic imine (C=N–C) groups is 1. The van der Waals surface area contributed by atoms with Crippen LogP contribution in [-0.2, 0) is 21.2 Å². The summed E-state index contributed by atoms with van der Waals surface area (Å²) in [5.74, 6) is -1.85. The molecule has 1 atom stereocenters. The highest BCUT2D eigenvalue weighted by Gasteiger charge is 2.28. The Kier molecular flexibility index (Phi) is 8.97. The molecule has 2 aromatic rings. The van der Waals surface area contributed by atoms with Gasteiger partial charge in [-0.3, -0.25) is 14.6 Å². The van der Waals surface area contributed by atoms with Crippen LogP contribution in [0.4, 0.5) is 0 Å². The van der Waals surface area contributed by atoms with Crippen molar-refractivity contribution >= 4 is 39.2 Å². The number of amides is 1. The number of nitrogens with one attached hydrogen (secondary N) is 2. The van der Waals surface area contributed by atoms with Crippen LogP contribution < -0.4 is 21.5 Å². The second kappa shape index (κ2) is 11.3. The second-order valence-electron chi connectivity index (χ2n) is 7.63. The fourth-order valence-corrected chi connectivity index (χ4v) is 6.00. The summed E-state index contributed by atoms with van der Waals surface area (Å²) in [4.78, 5) is 29.4. The summed E-state index contributed by atoms with van der Waals surface area (Å²) in [5.41, 5.74) is 12.5. The number of sulfonamides is 1. The molecule has 1 amide bonds. The number of carbonyl (C=O) groups is 2. The lowest BCUT2D eigenvalue weighted by molar-refractivity contribution is -0.138. The lowest BCUT2D eigenvalue weighted by Gasteiger charge is -2.18. The molecule has 12 heteroatoms. The first kappa shape index (κ1) is 26.3. The van der Waals surface area contributed by atoms with Gasteiger partial charge in [0.1, 0.15) is 6.04 Å². The molecule has 0 saturated heterocycles. The molecule has 0 aliphatic heterocycles. The Hall–Kier alpha value is -2.96. The Morgan fingerprint density at radius 1 is 1.15 bits per heavy atom. The maximum atomic E-state index is 12.9. The topological polar surface area (TPSA) is 177 Å². The van der Waals surface area contributed by atoms with Crippen LogP contribution in [0.1, 0.15) is 37.7 Å². The largest absolute Gasteiger partial charge is 0.480 e. The average Bonchev–Trinajstić information content (AvgIpc) is 3.15. The van der Waals surface area contributed by atoms with E-state index in [9.17, 15) is 23.1 Å². The Labute approximate surface area is 197 Å². The number of hydrogen-bond acceptors (Lipinski definition) is 6. The van der Waals surface area contributed by atoms with Crippen molar-refractivity contribution in [1.29, 1.82) is 0 Å². The Morgan fingerprint density at radius 3 is 2.36 bits per heavy atom. The van der Waals surface area contributed by atoms with Crippen molar-refractivity contribution in [3.8, 4) is 0 Å². The number of hydrogen-bond donors (Lipinski definition) is 5. The van der Waals surface area contributed by atoms with Gasteiger partial charge in [0.15, 0.2) is 5.96 Å². The van der Waals surface area contributed by atoms with Gasteiger partial charge in [0.2, 0.25) is 10.0 Å². The number of benzene rings is 1. The molecule has 0 aliphatic carbocycles. The molecule has 2 rings (SSSR count). The number of guanidine groups is 1. The molecular formula is C21H29N5O5S2. The predicted molar refractivity (Wildman–Crippen MR) is 128 cm³/mol. The SMILES string of the molecule is Cc1cc(C)c(S(=O)(=O)N[C@@H](CNC(=O)c2ccc(CCCN=C(N)N)s2)C(=O)O)c(C)c1. The minimum absolute atomic E-state index is 0.0255. The van der Waals surface area contributed by atoms with Gasteiger partial charge in [-0.25, -0.2) is 8.42 Å². The highest BCUT2D eigenvalue weighted by molar-refractivity contribution is 7.89. The van der Waals surface area contributed by atoms with E-state index in [2.05, 4.69) is 15.0 Å². The monoisotopic (exact) mass is 495 g/mol. The van der Waals surface area contributed by atoms with Crippen molar-refractivity contribution < 1.29 is 23.1 Å². The molecule has 1 aromatic heterocycles. The summed E-state index contributed by atoms with van der Waals surface area (Å²) >= 11 is 1.27. The molecular weight excluding hydrogens is 466 g/mol. The maximum absolute atomic E-state index is 12.9. The minimum atomic E-state index is -4.12. The molecule has 33 heavy (non-hydrogen) atoms. The van der Waals surface area contributed by atoms with Gasteiger partial charge in [0.05, 0.1) is 9.77 Å². The number of aliphatic carboxylic acids is 1. The third-order valence-corrected chi connectivity index (χ3v) is 7.62. The van der Waals surface area contributed by atoms with E-state index in [1.807, 2.05) is 6.92 Å². The first-order valence-electron chi connectivity index (χ1n) is 10.2. The van der Waals surface area contributed by atoms with Crippen LogP contribution in [0.15, 0.2) is 34.2 Å². The lowest BCUT2D eigenvalue weighted by Crippen LogP contribution is -2.48. The van der Waals surface area contributed by atoms with Crippen molar-refractivity contribution in [3.63, 3.8) is 0 Å². The van der Waals surface area contributed by atoms with Gasteiger partial charge < -0.3 is 21.9 Å². The van der Waals surface area contributed by atoms with Crippen molar-refractivity contribution in [3.05, 3.63) is 50.7 Å². The summed E-state index contributed by atoms with van der Waals surface area (Å²) in [6.07, 6.45) is 1.39. The van der Waals surface area contributed by atoms with E-state index >= 15 is 0 Å². The van der Waals surface area contributed by atoms with Crippen LogP contribution in [0.3, 0.4) is 0 Å². The average molecular weight is 496 g/mol. The molecule has 7 N–H and O–H groups in total. The van der Waals surface area contributed by atoms with Crippen molar-refractivity contribution in [1.82, 2.24) is 10.0 Å². The summed E-state index contributed by atoms with van der Waals surface area (Å²) in [7, 11) is -4.12. The Balaban J connectivity index is 2.03. The van der Waals surface area contributed by atoms with Gasteiger partial charge in [-0.2, -0.15) is 4.72 Å². The number of rotatable bonds is 11. The van der Waals surface area contributed by atoms with E-state index in [0.717, 1.165) is 10.4 Å². The first-order valence-corrected chi connectivity index (χ1v) is 12.5. The standard InChI is InChI=1S/C21H29N5O5S2/c1-12-9-13(2)18(14(3)10-12)33(30,31)26-16(20(28)29)11-25-19(27)17-7-6-15(32-17)5-4-8-24-21(22)23/h6-7,9-10,16,26H,4-5,8,11H2,1-3H3,(H,25,27)(H,28,29)(H4,22,23,24)/t16-/m0/s1. The van der Waals surface area contributed by atoms with Crippen LogP contribution in [0.25, 0.3) is 0 Å². The molecule has 10 nitrogen and oxygen atoms in total. The molecule has 0 spiro atoms. The molecule has 1 heterocycles. The van der Waals surface area contributed by atoms with Crippen molar-refractivity contribution in [2.45, 2.75) is 44.6 Å². The fourth-order valence-electron chi connectivity index (χ4n) is 3.39. The van der Waals surface area contributed by atoms with Crippen molar-refractivity contribution in [2.75, 3.05) is 13.1 Å². The molecule has 0 bridgehead atoms. The quantitative estimate of drug-likeness (QED) is 0.176. The summed E-state index contributed by atoms with van der Waals surface area (Å²) in [6.45, 7) is 5.21. The van der Waals surface area contributed by atoms with E-state index in [1.54, 1.807) is 38.1 Å². The number of nitrogens with two attached hydrogens (primary N) is 2. The van der Waals surface area contributed by atoms with Gasteiger partial charge in [0, 0.05) is 18.0 Å². The molecule has 0 saturated carbocycles. The van der Waals surface area contributed by atoms with E-state index in [1.165, 1.54) is 11.3 Å². The maximum Gasteiger partial charge on any atom is 0.323 e. The van der Waals surface area contributed by atoms with Gasteiger partial charge in [-0.05, 0) is 56.9 Å². The summed E-state index contributed by atoms with van der Waals surface area (Å²) in [6, 6.07) is 5.33. The molecule has 0 fully saturated rings. The number of carbonyl (C=O) groups excluding carboxylic acids is 1. The van der Waals surface area contributed by atoms with E-state index in [0.29, 0.717) is 35.4 Å². The van der Waals surface area contributed by atoms with E-state index in [-0.39, 0.29) is 10.9 Å². The third-order valence-electron chi connectivity index (χ3n) is 4.70.